The number of thiazole rings is 1. The predicted octanol–water partition coefficient (Wildman–Crippen LogP) is 4.01. The Bertz CT molecular complexity index is 686. The van der Waals surface area contributed by atoms with Crippen LogP contribution in [-0.4, -0.2) is 41.2 Å². The van der Waals surface area contributed by atoms with Crippen molar-refractivity contribution >= 4 is 11.3 Å². The molecule has 0 bridgehead atoms. The number of benzene rings is 1. The molecule has 26 heavy (non-hydrogen) atoms. The van der Waals surface area contributed by atoms with Crippen molar-refractivity contribution in [3.8, 4) is 11.6 Å². The second kappa shape index (κ2) is 11.0. The van der Waals surface area contributed by atoms with E-state index in [-0.39, 0.29) is 10.8 Å². The fraction of sp³-hybridized carbons (Fsp3) is 0.550. The standard InChI is InChI=1S/C20H30N2O3S/c1-3-5-11-22(12-6-4-2)13-14-25-17-9-7-16(8-10-17)15-18-19(23)21-20(24)26-18/h7-10,23H,3-6,11-15H2,1-2H3,(H,21,24). The molecule has 6 heteroatoms. The Labute approximate surface area is 159 Å². The summed E-state index contributed by atoms with van der Waals surface area (Å²) in [6.45, 7) is 8.37. The minimum absolute atomic E-state index is 0.0282. The fourth-order valence-electron chi connectivity index (χ4n) is 2.75. The van der Waals surface area contributed by atoms with Gasteiger partial charge in [-0.2, -0.15) is 0 Å². The summed E-state index contributed by atoms with van der Waals surface area (Å²) in [5.74, 6) is 0.825. The van der Waals surface area contributed by atoms with Gasteiger partial charge >= 0.3 is 4.87 Å². The summed E-state index contributed by atoms with van der Waals surface area (Å²) in [5, 5.41) is 9.66. The second-order valence-electron chi connectivity index (χ2n) is 6.50. The lowest BCUT2D eigenvalue weighted by Crippen LogP contribution is -2.30. The Morgan fingerprint density at radius 3 is 2.27 bits per heavy atom. The second-order valence-corrected chi connectivity index (χ2v) is 7.57. The zero-order valence-corrected chi connectivity index (χ0v) is 16.6. The Kier molecular flexibility index (Phi) is 8.71. The normalized spacial score (nSPS) is 11.2. The largest absolute Gasteiger partial charge is 0.494 e. The highest BCUT2D eigenvalue weighted by Crippen LogP contribution is 2.21. The molecular weight excluding hydrogens is 348 g/mol. The van der Waals surface area contributed by atoms with Crippen LogP contribution in [0.3, 0.4) is 0 Å². The van der Waals surface area contributed by atoms with Crippen molar-refractivity contribution < 1.29 is 9.84 Å². The number of rotatable bonds is 12. The number of aromatic amines is 1. The van der Waals surface area contributed by atoms with Gasteiger partial charge in [0.2, 0.25) is 5.88 Å². The molecule has 0 spiro atoms. The Morgan fingerprint density at radius 2 is 1.73 bits per heavy atom. The maximum absolute atomic E-state index is 11.2. The molecule has 0 saturated carbocycles. The van der Waals surface area contributed by atoms with Crippen LogP contribution in [0.5, 0.6) is 11.6 Å². The molecule has 0 saturated heterocycles. The third-order valence-corrected chi connectivity index (χ3v) is 5.19. The highest BCUT2D eigenvalue weighted by molar-refractivity contribution is 7.09. The number of H-pyrrole nitrogens is 1. The summed E-state index contributed by atoms with van der Waals surface area (Å²) in [5.41, 5.74) is 1.04. The quantitative estimate of drug-likeness (QED) is 0.586. The van der Waals surface area contributed by atoms with Crippen LogP contribution in [0.4, 0.5) is 0 Å². The summed E-state index contributed by atoms with van der Waals surface area (Å²) in [7, 11) is 0. The molecule has 2 aromatic rings. The van der Waals surface area contributed by atoms with Crippen LogP contribution in [0, 0.1) is 0 Å². The summed E-state index contributed by atoms with van der Waals surface area (Å²) < 4.78 is 5.88. The zero-order valence-electron chi connectivity index (χ0n) is 15.8. The van der Waals surface area contributed by atoms with Crippen molar-refractivity contribution in [2.45, 2.75) is 46.0 Å². The molecular formula is C20H30N2O3S. The van der Waals surface area contributed by atoms with Gasteiger partial charge in [-0.1, -0.05) is 50.2 Å². The van der Waals surface area contributed by atoms with E-state index in [1.165, 1.54) is 25.7 Å². The van der Waals surface area contributed by atoms with Gasteiger partial charge in [0.05, 0.1) is 4.88 Å². The number of hydrogen-bond donors (Lipinski definition) is 2. The van der Waals surface area contributed by atoms with Crippen LogP contribution in [0.2, 0.25) is 0 Å². The number of hydrogen-bond acceptors (Lipinski definition) is 5. The molecule has 0 aliphatic heterocycles. The molecule has 0 aliphatic rings. The SMILES string of the molecule is CCCCN(CCCC)CCOc1ccc(Cc2sc(=O)[nH]c2O)cc1. The Balaban J connectivity index is 1.80. The molecule has 0 amide bonds. The van der Waals surface area contributed by atoms with Gasteiger partial charge in [0, 0.05) is 13.0 Å². The van der Waals surface area contributed by atoms with E-state index in [4.69, 9.17) is 4.74 Å². The average Bonchev–Trinajstić information content (AvgIpc) is 2.95. The topological polar surface area (TPSA) is 65.6 Å². The lowest BCUT2D eigenvalue weighted by atomic mass is 10.1. The van der Waals surface area contributed by atoms with Gasteiger partial charge in [-0.05, 0) is 43.6 Å². The van der Waals surface area contributed by atoms with E-state index in [9.17, 15) is 9.90 Å². The van der Waals surface area contributed by atoms with E-state index in [0.717, 1.165) is 42.3 Å². The van der Waals surface area contributed by atoms with Crippen LogP contribution in [0.25, 0.3) is 0 Å². The minimum atomic E-state index is -0.229. The van der Waals surface area contributed by atoms with E-state index in [0.29, 0.717) is 17.9 Å². The molecule has 1 heterocycles. The number of aromatic hydroxyl groups is 1. The van der Waals surface area contributed by atoms with Crippen molar-refractivity contribution in [3.05, 3.63) is 44.4 Å². The summed E-state index contributed by atoms with van der Waals surface area (Å²) >= 11 is 1.05. The first-order valence-corrected chi connectivity index (χ1v) is 10.3. The first-order chi connectivity index (χ1) is 12.6. The van der Waals surface area contributed by atoms with Crippen LogP contribution in [0.1, 0.15) is 50.0 Å². The number of unbranched alkanes of at least 4 members (excludes halogenated alkanes) is 2. The predicted molar refractivity (Wildman–Crippen MR) is 108 cm³/mol. The number of nitrogens with one attached hydrogen (secondary N) is 1. The third kappa shape index (κ3) is 6.84. The van der Waals surface area contributed by atoms with Gasteiger partial charge in [0.1, 0.15) is 12.4 Å². The highest BCUT2D eigenvalue weighted by atomic mass is 32.1. The van der Waals surface area contributed by atoms with Gasteiger partial charge in [0.15, 0.2) is 0 Å². The molecule has 5 nitrogen and oxygen atoms in total. The van der Waals surface area contributed by atoms with Crippen LogP contribution in [-0.2, 0) is 6.42 Å². The first-order valence-electron chi connectivity index (χ1n) is 9.47. The van der Waals surface area contributed by atoms with Gasteiger partial charge in [0.25, 0.3) is 0 Å². The molecule has 1 aromatic carbocycles. The number of aromatic nitrogens is 1. The van der Waals surface area contributed by atoms with Crippen LogP contribution < -0.4 is 9.61 Å². The lowest BCUT2D eigenvalue weighted by Gasteiger charge is -2.22. The molecule has 0 fully saturated rings. The smallest absolute Gasteiger partial charge is 0.307 e. The Morgan fingerprint density at radius 1 is 1.08 bits per heavy atom. The molecule has 0 unspecified atom stereocenters. The van der Waals surface area contributed by atoms with E-state index in [2.05, 4.69) is 23.7 Å². The van der Waals surface area contributed by atoms with Gasteiger partial charge < -0.3 is 9.84 Å². The highest BCUT2D eigenvalue weighted by Gasteiger charge is 2.08. The van der Waals surface area contributed by atoms with Crippen molar-refractivity contribution in [2.75, 3.05) is 26.2 Å². The van der Waals surface area contributed by atoms with Crippen molar-refractivity contribution in [1.29, 1.82) is 0 Å². The summed E-state index contributed by atoms with van der Waals surface area (Å²) in [6, 6.07) is 7.85. The molecule has 0 aliphatic carbocycles. The molecule has 2 rings (SSSR count). The Hall–Kier alpha value is -1.79. The fourth-order valence-corrected chi connectivity index (χ4v) is 3.51. The van der Waals surface area contributed by atoms with Gasteiger partial charge in [-0.3, -0.25) is 14.7 Å². The maximum Gasteiger partial charge on any atom is 0.307 e. The maximum atomic E-state index is 11.2. The lowest BCUT2D eigenvalue weighted by molar-refractivity contribution is 0.204. The van der Waals surface area contributed by atoms with E-state index < -0.39 is 0 Å². The monoisotopic (exact) mass is 378 g/mol. The number of nitrogens with zero attached hydrogens (tertiary/aromatic N) is 1. The van der Waals surface area contributed by atoms with Crippen molar-refractivity contribution in [3.63, 3.8) is 0 Å². The minimum Gasteiger partial charge on any atom is -0.494 e. The number of ether oxygens (including phenoxy) is 1. The van der Waals surface area contributed by atoms with E-state index in [1.54, 1.807) is 0 Å². The van der Waals surface area contributed by atoms with Crippen LogP contribution >= 0.6 is 11.3 Å². The van der Waals surface area contributed by atoms with Crippen LogP contribution in [0.15, 0.2) is 29.1 Å². The third-order valence-electron chi connectivity index (χ3n) is 4.32. The molecule has 2 N–H and O–H groups in total. The molecule has 144 valence electrons. The molecule has 1 aromatic heterocycles. The summed E-state index contributed by atoms with van der Waals surface area (Å²) in [4.78, 5) is 16.5. The van der Waals surface area contributed by atoms with Crippen molar-refractivity contribution in [1.82, 2.24) is 9.88 Å². The molecule has 0 atom stereocenters. The summed E-state index contributed by atoms with van der Waals surface area (Å²) in [6.07, 6.45) is 5.44. The van der Waals surface area contributed by atoms with Crippen molar-refractivity contribution in [2.24, 2.45) is 0 Å². The average molecular weight is 379 g/mol. The molecule has 0 radical (unpaired) electrons. The first kappa shape index (κ1) is 20.5. The van der Waals surface area contributed by atoms with E-state index in [1.807, 2.05) is 24.3 Å². The zero-order chi connectivity index (χ0) is 18.8. The van der Waals surface area contributed by atoms with E-state index >= 15 is 0 Å². The van der Waals surface area contributed by atoms with Gasteiger partial charge in [-0.15, -0.1) is 0 Å². The van der Waals surface area contributed by atoms with Gasteiger partial charge in [-0.25, -0.2) is 0 Å².